The minimum Gasteiger partial charge on any atom is -0.385 e. The van der Waals surface area contributed by atoms with E-state index in [2.05, 4.69) is 5.10 Å². The Labute approximate surface area is 89.2 Å². The summed E-state index contributed by atoms with van der Waals surface area (Å²) in [5, 5.41) is 6.51. The number of hydrazone groups is 1. The minimum atomic E-state index is 0.595. The van der Waals surface area contributed by atoms with E-state index in [4.69, 9.17) is 17.3 Å². The molecule has 0 aliphatic rings. The molecular formula is C10H14ClN3. The van der Waals surface area contributed by atoms with E-state index in [0.29, 0.717) is 12.3 Å². The van der Waals surface area contributed by atoms with Crippen LogP contribution in [0.2, 0.25) is 5.02 Å². The van der Waals surface area contributed by atoms with E-state index < -0.39 is 0 Å². The molecule has 0 aliphatic carbocycles. The number of hydrogen-bond donors (Lipinski definition) is 1. The fourth-order valence-electron chi connectivity index (χ4n) is 1.10. The van der Waals surface area contributed by atoms with Crippen LogP contribution in [0.5, 0.6) is 0 Å². The van der Waals surface area contributed by atoms with Crippen LogP contribution in [-0.4, -0.2) is 24.9 Å². The first kappa shape index (κ1) is 10.9. The van der Waals surface area contributed by atoms with Gasteiger partial charge in [-0.25, -0.2) is 0 Å². The molecule has 0 aliphatic heterocycles. The summed E-state index contributed by atoms with van der Waals surface area (Å²) in [4.78, 5) is 0. The highest BCUT2D eigenvalue weighted by atomic mass is 35.5. The van der Waals surface area contributed by atoms with Crippen molar-refractivity contribution < 1.29 is 0 Å². The SMILES string of the molecule is CN(C)/N=C(/N)Cc1ccc(Cl)cc1. The van der Waals surface area contributed by atoms with Crippen LogP contribution in [0.1, 0.15) is 5.56 Å². The molecule has 0 radical (unpaired) electrons. The lowest BCUT2D eigenvalue weighted by atomic mass is 10.1. The number of hydrogen-bond acceptors (Lipinski definition) is 2. The zero-order valence-corrected chi connectivity index (χ0v) is 9.12. The maximum Gasteiger partial charge on any atom is 0.124 e. The van der Waals surface area contributed by atoms with E-state index in [-0.39, 0.29) is 0 Å². The topological polar surface area (TPSA) is 41.6 Å². The summed E-state index contributed by atoms with van der Waals surface area (Å²) in [6.07, 6.45) is 0.648. The molecule has 0 atom stereocenters. The quantitative estimate of drug-likeness (QED) is 0.470. The zero-order valence-electron chi connectivity index (χ0n) is 8.37. The average molecular weight is 212 g/mol. The van der Waals surface area contributed by atoms with Crippen LogP contribution in [0.25, 0.3) is 0 Å². The van der Waals surface area contributed by atoms with Crippen molar-refractivity contribution in [3.05, 3.63) is 34.9 Å². The van der Waals surface area contributed by atoms with Crippen LogP contribution >= 0.6 is 11.6 Å². The van der Waals surface area contributed by atoms with Gasteiger partial charge in [-0.3, -0.25) is 0 Å². The number of halogens is 1. The van der Waals surface area contributed by atoms with Crippen molar-refractivity contribution in [1.82, 2.24) is 5.01 Å². The van der Waals surface area contributed by atoms with Gasteiger partial charge in [0.05, 0.1) is 0 Å². The molecule has 3 nitrogen and oxygen atoms in total. The van der Waals surface area contributed by atoms with Crippen molar-refractivity contribution in [3.63, 3.8) is 0 Å². The highest BCUT2D eigenvalue weighted by molar-refractivity contribution is 6.30. The van der Waals surface area contributed by atoms with E-state index in [9.17, 15) is 0 Å². The van der Waals surface area contributed by atoms with Gasteiger partial charge in [-0.1, -0.05) is 23.7 Å². The third-order valence-electron chi connectivity index (χ3n) is 1.63. The van der Waals surface area contributed by atoms with Crippen LogP contribution in [-0.2, 0) is 6.42 Å². The highest BCUT2D eigenvalue weighted by Gasteiger charge is 1.97. The van der Waals surface area contributed by atoms with Gasteiger partial charge >= 0.3 is 0 Å². The van der Waals surface area contributed by atoms with Gasteiger partial charge in [-0.05, 0) is 17.7 Å². The second kappa shape index (κ2) is 4.86. The second-order valence-electron chi connectivity index (χ2n) is 3.24. The van der Waals surface area contributed by atoms with Gasteiger partial charge in [0, 0.05) is 25.5 Å². The molecule has 0 heterocycles. The fourth-order valence-corrected chi connectivity index (χ4v) is 1.23. The molecule has 0 saturated carbocycles. The van der Waals surface area contributed by atoms with E-state index in [1.807, 2.05) is 38.4 Å². The van der Waals surface area contributed by atoms with Gasteiger partial charge in [-0.2, -0.15) is 5.10 Å². The van der Waals surface area contributed by atoms with Gasteiger partial charge in [-0.15, -0.1) is 0 Å². The number of nitrogens with two attached hydrogens (primary N) is 1. The third-order valence-corrected chi connectivity index (χ3v) is 1.88. The molecule has 1 aromatic rings. The number of rotatable bonds is 3. The van der Waals surface area contributed by atoms with Gasteiger partial charge in [0.2, 0.25) is 0 Å². The number of benzene rings is 1. The van der Waals surface area contributed by atoms with Gasteiger partial charge in [0.15, 0.2) is 0 Å². The van der Waals surface area contributed by atoms with Gasteiger partial charge in [0.1, 0.15) is 5.84 Å². The molecule has 0 bridgehead atoms. The summed E-state index contributed by atoms with van der Waals surface area (Å²) >= 11 is 5.76. The molecule has 0 amide bonds. The lowest BCUT2D eigenvalue weighted by Crippen LogP contribution is -2.19. The molecule has 0 fully saturated rings. The first-order valence-electron chi connectivity index (χ1n) is 4.32. The molecular weight excluding hydrogens is 198 g/mol. The van der Waals surface area contributed by atoms with Crippen molar-refractivity contribution in [3.8, 4) is 0 Å². The fraction of sp³-hybridized carbons (Fsp3) is 0.300. The third kappa shape index (κ3) is 3.66. The molecule has 76 valence electrons. The summed E-state index contributed by atoms with van der Waals surface area (Å²) in [6.45, 7) is 0. The van der Waals surface area contributed by atoms with Crippen LogP contribution in [0.4, 0.5) is 0 Å². The summed E-state index contributed by atoms with van der Waals surface area (Å²) in [5.41, 5.74) is 6.83. The predicted octanol–water partition coefficient (Wildman–Crippen LogP) is 1.72. The number of amidine groups is 1. The van der Waals surface area contributed by atoms with Crippen molar-refractivity contribution in [2.45, 2.75) is 6.42 Å². The monoisotopic (exact) mass is 211 g/mol. The van der Waals surface area contributed by atoms with Crippen molar-refractivity contribution in [2.75, 3.05) is 14.1 Å². The Morgan fingerprint density at radius 1 is 1.36 bits per heavy atom. The predicted molar refractivity (Wildman–Crippen MR) is 60.5 cm³/mol. The molecule has 2 N–H and O–H groups in total. The average Bonchev–Trinajstić information content (AvgIpc) is 2.07. The molecule has 0 saturated heterocycles. The maximum absolute atomic E-state index is 5.76. The largest absolute Gasteiger partial charge is 0.385 e. The summed E-state index contributed by atoms with van der Waals surface area (Å²) in [7, 11) is 3.68. The van der Waals surface area contributed by atoms with Crippen molar-refractivity contribution in [2.24, 2.45) is 10.8 Å². The van der Waals surface area contributed by atoms with Crippen LogP contribution in [0.3, 0.4) is 0 Å². The minimum absolute atomic E-state index is 0.595. The summed E-state index contributed by atoms with van der Waals surface area (Å²) in [6, 6.07) is 7.58. The van der Waals surface area contributed by atoms with E-state index in [0.717, 1.165) is 10.6 Å². The lowest BCUT2D eigenvalue weighted by Gasteiger charge is -2.06. The molecule has 0 aromatic heterocycles. The Balaban J connectivity index is 2.65. The zero-order chi connectivity index (χ0) is 10.6. The smallest absolute Gasteiger partial charge is 0.124 e. The van der Waals surface area contributed by atoms with E-state index in [1.165, 1.54) is 0 Å². The van der Waals surface area contributed by atoms with Crippen molar-refractivity contribution >= 4 is 17.4 Å². The first-order chi connectivity index (χ1) is 6.58. The standard InChI is InChI=1S/C10H14ClN3/c1-14(2)13-10(12)7-8-3-5-9(11)6-4-8/h3-6H,7H2,1-2H3,(H2,12,13). The number of nitrogens with zero attached hydrogens (tertiary/aromatic N) is 2. The lowest BCUT2D eigenvalue weighted by molar-refractivity contribution is 0.436. The maximum atomic E-state index is 5.76. The molecule has 0 unspecified atom stereocenters. The van der Waals surface area contributed by atoms with Crippen LogP contribution in [0, 0.1) is 0 Å². The molecule has 1 rings (SSSR count). The molecule has 1 aromatic carbocycles. The van der Waals surface area contributed by atoms with E-state index in [1.54, 1.807) is 5.01 Å². The second-order valence-corrected chi connectivity index (χ2v) is 3.68. The van der Waals surface area contributed by atoms with E-state index >= 15 is 0 Å². The highest BCUT2D eigenvalue weighted by Crippen LogP contribution is 2.09. The molecule has 4 heteroatoms. The Hall–Kier alpha value is -1.22. The Bertz CT molecular complexity index is 317. The van der Waals surface area contributed by atoms with Crippen molar-refractivity contribution in [1.29, 1.82) is 0 Å². The Morgan fingerprint density at radius 2 is 1.93 bits per heavy atom. The molecule has 0 spiro atoms. The first-order valence-corrected chi connectivity index (χ1v) is 4.70. The Kier molecular flexibility index (Phi) is 3.77. The summed E-state index contributed by atoms with van der Waals surface area (Å²) < 4.78 is 0. The van der Waals surface area contributed by atoms with Gasteiger partial charge in [0.25, 0.3) is 0 Å². The molecule has 14 heavy (non-hydrogen) atoms. The van der Waals surface area contributed by atoms with Crippen LogP contribution in [0.15, 0.2) is 29.4 Å². The normalized spacial score (nSPS) is 11.5. The van der Waals surface area contributed by atoms with Crippen LogP contribution < -0.4 is 5.73 Å². The summed E-state index contributed by atoms with van der Waals surface area (Å²) in [5.74, 6) is 0.595. The Morgan fingerprint density at radius 3 is 2.43 bits per heavy atom. The van der Waals surface area contributed by atoms with Gasteiger partial charge < -0.3 is 10.7 Å².